The smallest absolute Gasteiger partial charge is 0.222 e. The summed E-state index contributed by atoms with van der Waals surface area (Å²) in [6, 6.07) is 6.53. The molecule has 1 aromatic carbocycles. The zero-order valence-electron chi connectivity index (χ0n) is 12.0. The molecule has 1 aliphatic heterocycles. The number of para-hydroxylation sites is 1. The lowest BCUT2D eigenvalue weighted by Gasteiger charge is -2.35. The maximum atomic E-state index is 11.4. The van der Waals surface area contributed by atoms with Gasteiger partial charge in [0.25, 0.3) is 0 Å². The van der Waals surface area contributed by atoms with Crippen LogP contribution in [0.1, 0.15) is 37.8 Å². The third-order valence-corrected chi connectivity index (χ3v) is 4.10. The summed E-state index contributed by atoms with van der Waals surface area (Å²) in [5, 5.41) is 0. The molecular weight excluding hydrogens is 236 g/mol. The molecule has 0 bridgehead atoms. The normalized spacial score (nSPS) is 19.5. The van der Waals surface area contributed by atoms with Gasteiger partial charge in [-0.05, 0) is 36.8 Å². The Hall–Kier alpha value is -1.51. The summed E-state index contributed by atoms with van der Waals surface area (Å²) in [6.45, 7) is 6.19. The van der Waals surface area contributed by atoms with Crippen molar-refractivity contribution in [1.82, 2.24) is 0 Å². The summed E-state index contributed by atoms with van der Waals surface area (Å²) in [4.78, 5) is 13.8. The molecule has 0 aliphatic carbocycles. The van der Waals surface area contributed by atoms with Gasteiger partial charge in [0.15, 0.2) is 0 Å². The third kappa shape index (κ3) is 2.91. The minimum Gasteiger partial charge on any atom is -0.370 e. The minimum absolute atomic E-state index is 0.00312. The summed E-state index contributed by atoms with van der Waals surface area (Å²) in [6.07, 6.45) is 4.04. The first-order chi connectivity index (χ1) is 9.17. The second-order valence-corrected chi connectivity index (χ2v) is 5.32. The maximum Gasteiger partial charge on any atom is 0.222 e. The van der Waals surface area contributed by atoms with Crippen LogP contribution in [0.15, 0.2) is 18.2 Å². The summed E-state index contributed by atoms with van der Waals surface area (Å²) in [7, 11) is 0. The van der Waals surface area contributed by atoms with E-state index in [1.807, 2.05) is 0 Å². The van der Waals surface area contributed by atoms with E-state index in [4.69, 9.17) is 5.73 Å². The van der Waals surface area contributed by atoms with Gasteiger partial charge in [0.1, 0.15) is 0 Å². The van der Waals surface area contributed by atoms with Gasteiger partial charge in [0.05, 0.1) is 5.92 Å². The fourth-order valence-corrected chi connectivity index (χ4v) is 3.03. The molecule has 1 unspecified atom stereocenters. The number of aryl methyl sites for hydroxylation is 2. The Labute approximate surface area is 115 Å². The van der Waals surface area contributed by atoms with Crippen LogP contribution in [0.5, 0.6) is 0 Å². The Morgan fingerprint density at radius 2 is 1.95 bits per heavy atom. The Kier molecular flexibility index (Phi) is 4.46. The van der Waals surface area contributed by atoms with E-state index in [-0.39, 0.29) is 11.8 Å². The van der Waals surface area contributed by atoms with Crippen LogP contribution in [0.3, 0.4) is 0 Å². The molecule has 1 aliphatic rings. The second-order valence-electron chi connectivity index (χ2n) is 5.32. The first-order valence-electron chi connectivity index (χ1n) is 7.32. The number of rotatable bonds is 4. The van der Waals surface area contributed by atoms with Crippen molar-refractivity contribution in [3.05, 3.63) is 29.3 Å². The van der Waals surface area contributed by atoms with E-state index >= 15 is 0 Å². The molecule has 3 nitrogen and oxygen atoms in total. The average molecular weight is 260 g/mol. The molecular formula is C16H24N2O. The van der Waals surface area contributed by atoms with Gasteiger partial charge in [-0.3, -0.25) is 4.79 Å². The highest BCUT2D eigenvalue weighted by Gasteiger charge is 2.26. The molecule has 0 radical (unpaired) electrons. The van der Waals surface area contributed by atoms with Gasteiger partial charge in [-0.25, -0.2) is 0 Å². The van der Waals surface area contributed by atoms with Crippen molar-refractivity contribution in [1.29, 1.82) is 0 Å². The number of carbonyl (C=O) groups is 1. The summed E-state index contributed by atoms with van der Waals surface area (Å²) < 4.78 is 0. The summed E-state index contributed by atoms with van der Waals surface area (Å²) in [5.74, 6) is -0.153. The average Bonchev–Trinajstić information content (AvgIpc) is 2.46. The van der Waals surface area contributed by atoms with Crippen molar-refractivity contribution in [3.8, 4) is 0 Å². The topological polar surface area (TPSA) is 46.3 Å². The summed E-state index contributed by atoms with van der Waals surface area (Å²) >= 11 is 0. The van der Waals surface area contributed by atoms with Crippen LogP contribution in [0.4, 0.5) is 5.69 Å². The molecule has 1 fully saturated rings. The molecule has 1 aromatic rings. The van der Waals surface area contributed by atoms with Gasteiger partial charge >= 0.3 is 0 Å². The molecule has 0 aromatic heterocycles. The summed E-state index contributed by atoms with van der Waals surface area (Å²) in [5.41, 5.74) is 9.59. The van der Waals surface area contributed by atoms with Crippen LogP contribution in [-0.2, 0) is 17.6 Å². The van der Waals surface area contributed by atoms with Crippen LogP contribution >= 0.6 is 0 Å². The van der Waals surface area contributed by atoms with Gasteiger partial charge in [-0.1, -0.05) is 32.0 Å². The number of amides is 1. The number of nitrogens with zero attached hydrogens (tertiary/aromatic N) is 1. The van der Waals surface area contributed by atoms with Gasteiger partial charge in [-0.15, -0.1) is 0 Å². The van der Waals surface area contributed by atoms with Crippen LogP contribution in [0, 0.1) is 5.92 Å². The van der Waals surface area contributed by atoms with E-state index in [1.165, 1.54) is 16.8 Å². The molecule has 1 saturated heterocycles. The highest BCUT2D eigenvalue weighted by Crippen LogP contribution is 2.30. The number of piperidine rings is 1. The molecule has 2 N–H and O–H groups in total. The van der Waals surface area contributed by atoms with Crippen molar-refractivity contribution in [2.75, 3.05) is 18.0 Å². The number of primary amides is 1. The highest BCUT2D eigenvalue weighted by atomic mass is 16.1. The molecule has 1 amide bonds. The number of anilines is 1. The predicted molar refractivity (Wildman–Crippen MR) is 79.3 cm³/mol. The number of benzene rings is 1. The zero-order chi connectivity index (χ0) is 13.8. The number of hydrogen-bond acceptors (Lipinski definition) is 2. The molecule has 3 heteroatoms. The van der Waals surface area contributed by atoms with Gasteiger partial charge in [0.2, 0.25) is 5.91 Å². The molecule has 2 rings (SSSR count). The van der Waals surface area contributed by atoms with Crippen LogP contribution < -0.4 is 10.6 Å². The largest absolute Gasteiger partial charge is 0.370 e. The molecule has 104 valence electrons. The van der Waals surface area contributed by atoms with E-state index in [0.717, 1.165) is 38.8 Å². The second kappa shape index (κ2) is 6.09. The van der Waals surface area contributed by atoms with E-state index < -0.39 is 0 Å². The van der Waals surface area contributed by atoms with Crippen molar-refractivity contribution in [2.24, 2.45) is 11.7 Å². The minimum atomic E-state index is -0.156. The molecule has 1 atom stereocenters. The Morgan fingerprint density at radius 1 is 1.32 bits per heavy atom. The highest BCUT2D eigenvalue weighted by molar-refractivity contribution is 5.78. The fraction of sp³-hybridized carbons (Fsp3) is 0.562. The van der Waals surface area contributed by atoms with Crippen molar-refractivity contribution >= 4 is 11.6 Å². The molecule has 0 saturated carbocycles. The SMILES string of the molecule is CCc1cccc(CC)c1N1CCCC(C(N)=O)C1. The molecule has 0 spiro atoms. The van der Waals surface area contributed by atoms with E-state index in [1.54, 1.807) is 0 Å². The Balaban J connectivity index is 2.32. The lowest BCUT2D eigenvalue weighted by Crippen LogP contribution is -2.41. The van der Waals surface area contributed by atoms with E-state index in [2.05, 4.69) is 36.9 Å². The third-order valence-electron chi connectivity index (χ3n) is 4.10. The van der Waals surface area contributed by atoms with Crippen molar-refractivity contribution in [3.63, 3.8) is 0 Å². The first kappa shape index (κ1) is 13.9. The monoisotopic (exact) mass is 260 g/mol. The number of nitrogens with two attached hydrogens (primary N) is 1. The zero-order valence-corrected chi connectivity index (χ0v) is 12.0. The van der Waals surface area contributed by atoms with Crippen molar-refractivity contribution < 1.29 is 4.79 Å². The maximum absolute atomic E-state index is 11.4. The lowest BCUT2D eigenvalue weighted by atomic mass is 9.94. The standard InChI is InChI=1S/C16H24N2O/c1-3-12-7-5-8-13(4-2)15(12)18-10-6-9-14(11-18)16(17)19/h5,7-8,14H,3-4,6,9-11H2,1-2H3,(H2,17,19). The fourth-order valence-electron chi connectivity index (χ4n) is 3.03. The van der Waals surface area contributed by atoms with E-state index in [0.29, 0.717) is 0 Å². The van der Waals surface area contributed by atoms with Crippen molar-refractivity contribution in [2.45, 2.75) is 39.5 Å². The predicted octanol–water partition coefficient (Wildman–Crippen LogP) is 2.51. The van der Waals surface area contributed by atoms with Crippen LogP contribution in [0.2, 0.25) is 0 Å². The van der Waals surface area contributed by atoms with Crippen LogP contribution in [0.25, 0.3) is 0 Å². The Morgan fingerprint density at radius 3 is 2.47 bits per heavy atom. The Bertz CT molecular complexity index is 434. The van der Waals surface area contributed by atoms with Gasteiger partial charge in [-0.2, -0.15) is 0 Å². The molecule has 19 heavy (non-hydrogen) atoms. The van der Waals surface area contributed by atoms with Gasteiger partial charge in [0, 0.05) is 18.8 Å². The molecule has 1 heterocycles. The van der Waals surface area contributed by atoms with Crippen LogP contribution in [-0.4, -0.2) is 19.0 Å². The lowest BCUT2D eigenvalue weighted by molar-refractivity contribution is -0.122. The van der Waals surface area contributed by atoms with Gasteiger partial charge < -0.3 is 10.6 Å². The number of carbonyl (C=O) groups excluding carboxylic acids is 1. The van der Waals surface area contributed by atoms with E-state index in [9.17, 15) is 4.79 Å². The quantitative estimate of drug-likeness (QED) is 0.904. The number of hydrogen-bond donors (Lipinski definition) is 1. The first-order valence-corrected chi connectivity index (χ1v) is 7.32.